The molecule has 3 heterocycles. The van der Waals surface area contributed by atoms with Crippen molar-refractivity contribution in [3.63, 3.8) is 0 Å². The van der Waals surface area contributed by atoms with Gasteiger partial charge in [-0.05, 0) is 64.0 Å². The maximum atomic E-state index is 12.6. The van der Waals surface area contributed by atoms with Crippen LogP contribution in [0.3, 0.4) is 0 Å². The fraction of sp³-hybridized carbons (Fsp3) is 0.391. The van der Waals surface area contributed by atoms with E-state index in [4.69, 9.17) is 8.83 Å². The molecule has 4 rings (SSSR count). The SMILES string of the molecule is Cc1cccc(-c2nc(CC(=O)NCC(c3ccco3)N3CCCC3)c(C)o2)c1. The number of rotatable bonds is 7. The molecule has 3 aromatic rings. The highest BCUT2D eigenvalue weighted by Crippen LogP contribution is 2.25. The number of furan rings is 1. The lowest BCUT2D eigenvalue weighted by Gasteiger charge is -2.25. The van der Waals surface area contributed by atoms with Crippen molar-refractivity contribution in [1.82, 2.24) is 15.2 Å². The molecular weight excluding hydrogens is 366 g/mol. The lowest BCUT2D eigenvalue weighted by molar-refractivity contribution is -0.120. The molecule has 0 aliphatic carbocycles. The van der Waals surface area contributed by atoms with Crippen LogP contribution in [0.5, 0.6) is 0 Å². The minimum absolute atomic E-state index is 0.0621. The van der Waals surface area contributed by atoms with Crippen LogP contribution in [0.15, 0.2) is 51.5 Å². The number of benzene rings is 1. The van der Waals surface area contributed by atoms with Crippen molar-refractivity contribution in [2.45, 2.75) is 39.2 Å². The third-order valence-electron chi connectivity index (χ3n) is 5.43. The number of hydrogen-bond acceptors (Lipinski definition) is 5. The molecule has 1 amide bonds. The third-order valence-corrected chi connectivity index (χ3v) is 5.43. The molecule has 1 aliphatic heterocycles. The van der Waals surface area contributed by atoms with E-state index in [0.717, 1.165) is 30.0 Å². The van der Waals surface area contributed by atoms with Crippen LogP contribution in [0, 0.1) is 13.8 Å². The highest BCUT2D eigenvalue weighted by atomic mass is 16.4. The van der Waals surface area contributed by atoms with Gasteiger partial charge in [-0.1, -0.05) is 17.7 Å². The van der Waals surface area contributed by atoms with Crippen LogP contribution in [0.2, 0.25) is 0 Å². The summed E-state index contributed by atoms with van der Waals surface area (Å²) in [5.41, 5.74) is 2.74. The molecule has 152 valence electrons. The second-order valence-electron chi connectivity index (χ2n) is 7.65. The summed E-state index contributed by atoms with van der Waals surface area (Å²) in [6.45, 7) is 6.47. The number of oxazole rings is 1. The van der Waals surface area contributed by atoms with E-state index in [2.05, 4.69) is 15.2 Å². The maximum Gasteiger partial charge on any atom is 0.226 e. The Morgan fingerprint density at radius 2 is 2.03 bits per heavy atom. The smallest absolute Gasteiger partial charge is 0.226 e. The molecule has 6 heteroatoms. The molecule has 1 N–H and O–H groups in total. The first-order valence-corrected chi connectivity index (χ1v) is 10.2. The first-order valence-electron chi connectivity index (χ1n) is 10.2. The number of amides is 1. The number of hydrogen-bond donors (Lipinski definition) is 1. The van der Waals surface area contributed by atoms with Gasteiger partial charge in [0.2, 0.25) is 11.8 Å². The fourth-order valence-electron chi connectivity index (χ4n) is 3.86. The Balaban J connectivity index is 1.40. The van der Waals surface area contributed by atoms with Crippen LogP contribution in [-0.2, 0) is 11.2 Å². The van der Waals surface area contributed by atoms with Crippen molar-refractivity contribution in [1.29, 1.82) is 0 Å². The summed E-state index contributed by atoms with van der Waals surface area (Å²) in [7, 11) is 0. The van der Waals surface area contributed by atoms with Gasteiger partial charge in [-0.15, -0.1) is 0 Å². The Morgan fingerprint density at radius 1 is 1.21 bits per heavy atom. The zero-order chi connectivity index (χ0) is 20.2. The number of aromatic nitrogens is 1. The molecule has 6 nitrogen and oxygen atoms in total. The Bertz CT molecular complexity index is 956. The van der Waals surface area contributed by atoms with Gasteiger partial charge in [-0.2, -0.15) is 0 Å². The minimum Gasteiger partial charge on any atom is -0.468 e. The van der Waals surface area contributed by atoms with Gasteiger partial charge in [0.15, 0.2) is 0 Å². The molecule has 0 spiro atoms. The largest absolute Gasteiger partial charge is 0.468 e. The first kappa shape index (κ1) is 19.5. The highest BCUT2D eigenvalue weighted by Gasteiger charge is 2.26. The maximum absolute atomic E-state index is 12.6. The van der Waals surface area contributed by atoms with E-state index in [-0.39, 0.29) is 18.4 Å². The summed E-state index contributed by atoms with van der Waals surface area (Å²) in [6.07, 6.45) is 4.26. The Labute approximate surface area is 170 Å². The van der Waals surface area contributed by atoms with E-state index in [0.29, 0.717) is 23.9 Å². The van der Waals surface area contributed by atoms with Gasteiger partial charge in [0.05, 0.1) is 24.4 Å². The second kappa shape index (κ2) is 8.66. The van der Waals surface area contributed by atoms with Gasteiger partial charge < -0.3 is 14.2 Å². The molecule has 0 radical (unpaired) electrons. The molecule has 1 aromatic carbocycles. The average Bonchev–Trinajstić information content (AvgIpc) is 3.46. The Hall–Kier alpha value is -2.86. The predicted octanol–water partition coefficient (Wildman–Crippen LogP) is 4.05. The molecule has 1 fully saturated rings. The lowest BCUT2D eigenvalue weighted by Crippen LogP contribution is -2.37. The third kappa shape index (κ3) is 4.59. The van der Waals surface area contributed by atoms with Crippen LogP contribution in [0.1, 0.15) is 41.7 Å². The molecule has 1 saturated heterocycles. The molecule has 0 saturated carbocycles. The Kier molecular flexibility index (Phi) is 5.81. The van der Waals surface area contributed by atoms with E-state index in [9.17, 15) is 4.79 Å². The van der Waals surface area contributed by atoms with Crippen LogP contribution in [0.25, 0.3) is 11.5 Å². The normalized spacial score (nSPS) is 15.5. The predicted molar refractivity (Wildman–Crippen MR) is 110 cm³/mol. The highest BCUT2D eigenvalue weighted by molar-refractivity contribution is 5.78. The van der Waals surface area contributed by atoms with E-state index in [1.165, 1.54) is 12.8 Å². The van der Waals surface area contributed by atoms with E-state index < -0.39 is 0 Å². The monoisotopic (exact) mass is 393 g/mol. The standard InChI is InChI=1S/C23H27N3O3/c1-16-7-5-8-18(13-16)23-25-19(17(2)29-23)14-22(27)24-15-20(21-9-6-12-28-21)26-10-3-4-11-26/h5-9,12-13,20H,3-4,10-11,14-15H2,1-2H3,(H,24,27). The number of carbonyl (C=O) groups excluding carboxylic acids is 1. The van der Waals surface area contributed by atoms with Crippen molar-refractivity contribution in [3.05, 3.63) is 65.4 Å². The van der Waals surface area contributed by atoms with Crippen LogP contribution < -0.4 is 5.32 Å². The van der Waals surface area contributed by atoms with E-state index in [1.54, 1.807) is 6.26 Å². The van der Waals surface area contributed by atoms with Crippen molar-refractivity contribution in [2.24, 2.45) is 0 Å². The topological polar surface area (TPSA) is 71.5 Å². The van der Waals surface area contributed by atoms with Gasteiger partial charge in [0.1, 0.15) is 11.5 Å². The lowest BCUT2D eigenvalue weighted by atomic mass is 10.1. The Morgan fingerprint density at radius 3 is 2.76 bits per heavy atom. The summed E-state index contributed by atoms with van der Waals surface area (Å²) in [6, 6.07) is 11.9. The summed E-state index contributed by atoms with van der Waals surface area (Å²) in [5.74, 6) is 2.07. The second-order valence-corrected chi connectivity index (χ2v) is 7.65. The molecule has 0 bridgehead atoms. The summed E-state index contributed by atoms with van der Waals surface area (Å²) in [5, 5.41) is 3.06. The summed E-state index contributed by atoms with van der Waals surface area (Å²) >= 11 is 0. The molecule has 2 aromatic heterocycles. The molecule has 1 unspecified atom stereocenters. The number of likely N-dealkylation sites (tertiary alicyclic amines) is 1. The summed E-state index contributed by atoms with van der Waals surface area (Å²) < 4.78 is 11.4. The van der Waals surface area contributed by atoms with Crippen LogP contribution in [0.4, 0.5) is 0 Å². The van der Waals surface area contributed by atoms with Gasteiger partial charge in [-0.25, -0.2) is 4.98 Å². The van der Waals surface area contributed by atoms with E-state index >= 15 is 0 Å². The van der Waals surface area contributed by atoms with Gasteiger partial charge in [0, 0.05) is 12.1 Å². The van der Waals surface area contributed by atoms with Crippen molar-refractivity contribution in [3.8, 4) is 11.5 Å². The quantitative estimate of drug-likeness (QED) is 0.656. The average molecular weight is 393 g/mol. The number of nitrogens with zero attached hydrogens (tertiary/aromatic N) is 2. The fourth-order valence-corrected chi connectivity index (χ4v) is 3.86. The zero-order valence-corrected chi connectivity index (χ0v) is 17.0. The minimum atomic E-state index is -0.0621. The molecule has 29 heavy (non-hydrogen) atoms. The van der Waals surface area contributed by atoms with Crippen molar-refractivity contribution < 1.29 is 13.6 Å². The molecular formula is C23H27N3O3. The molecule has 1 atom stereocenters. The number of aryl methyl sites for hydroxylation is 2. The van der Waals surface area contributed by atoms with E-state index in [1.807, 2.05) is 50.2 Å². The van der Waals surface area contributed by atoms with Crippen LogP contribution >= 0.6 is 0 Å². The summed E-state index contributed by atoms with van der Waals surface area (Å²) in [4.78, 5) is 19.5. The van der Waals surface area contributed by atoms with Gasteiger partial charge >= 0.3 is 0 Å². The van der Waals surface area contributed by atoms with Gasteiger partial charge in [0.25, 0.3) is 0 Å². The number of carbonyl (C=O) groups is 1. The zero-order valence-electron chi connectivity index (χ0n) is 17.0. The number of nitrogens with one attached hydrogen (secondary N) is 1. The van der Waals surface area contributed by atoms with Gasteiger partial charge in [-0.3, -0.25) is 9.69 Å². The van der Waals surface area contributed by atoms with Crippen LogP contribution in [-0.4, -0.2) is 35.4 Å². The molecule has 1 aliphatic rings. The van der Waals surface area contributed by atoms with Crippen molar-refractivity contribution in [2.75, 3.05) is 19.6 Å². The first-order chi connectivity index (χ1) is 14.1. The van der Waals surface area contributed by atoms with Crippen molar-refractivity contribution >= 4 is 5.91 Å².